The summed E-state index contributed by atoms with van der Waals surface area (Å²) >= 11 is 0. The number of para-hydroxylation sites is 1. The molecule has 0 aliphatic carbocycles. The fourth-order valence-electron chi connectivity index (χ4n) is 1.83. The third-order valence-corrected chi connectivity index (χ3v) is 2.81. The first kappa shape index (κ1) is 14.0. The average molecular weight is 275 g/mol. The summed E-state index contributed by atoms with van der Waals surface area (Å²) in [6.07, 6.45) is 0.955. The third kappa shape index (κ3) is 3.11. The maximum Gasteiger partial charge on any atom is 0.339 e. The highest BCUT2D eigenvalue weighted by Gasteiger charge is 2.12. The Morgan fingerprint density at radius 1 is 1.40 bits per heavy atom. The lowest BCUT2D eigenvalue weighted by Crippen LogP contribution is -2.12. The monoisotopic (exact) mass is 275 g/mol. The van der Waals surface area contributed by atoms with E-state index in [1.165, 1.54) is 7.11 Å². The second kappa shape index (κ2) is 6.65. The van der Waals surface area contributed by atoms with Gasteiger partial charge in [-0.15, -0.1) is 5.10 Å². The van der Waals surface area contributed by atoms with Gasteiger partial charge in [0.25, 0.3) is 0 Å². The zero-order chi connectivity index (χ0) is 14.4. The van der Waals surface area contributed by atoms with Gasteiger partial charge in [-0.25, -0.2) is 9.48 Å². The fraction of sp³-hybridized carbons (Fsp3) is 0.385. The van der Waals surface area contributed by atoms with Crippen molar-refractivity contribution in [3.05, 3.63) is 35.7 Å². The number of aromatic nitrogens is 4. The van der Waals surface area contributed by atoms with E-state index in [-0.39, 0.29) is 5.97 Å². The number of ether oxygens (including phenoxy) is 1. The van der Waals surface area contributed by atoms with Crippen LogP contribution in [0.15, 0.2) is 24.3 Å². The van der Waals surface area contributed by atoms with Crippen molar-refractivity contribution in [3.8, 4) is 0 Å². The van der Waals surface area contributed by atoms with Gasteiger partial charge in [0.1, 0.15) is 0 Å². The molecular weight excluding hydrogens is 258 g/mol. The molecule has 7 heteroatoms. The summed E-state index contributed by atoms with van der Waals surface area (Å²) in [5, 5.41) is 14.7. The van der Waals surface area contributed by atoms with Crippen LogP contribution in [-0.4, -0.2) is 33.3 Å². The maximum atomic E-state index is 11.7. The van der Waals surface area contributed by atoms with Gasteiger partial charge in [-0.05, 0) is 29.0 Å². The highest BCUT2D eigenvalue weighted by atomic mass is 16.5. The number of anilines is 1. The Kier molecular flexibility index (Phi) is 4.65. The Morgan fingerprint density at radius 2 is 2.20 bits per heavy atom. The molecule has 1 heterocycles. The van der Waals surface area contributed by atoms with Crippen molar-refractivity contribution in [2.45, 2.75) is 26.4 Å². The number of aryl methyl sites for hydroxylation is 1. The van der Waals surface area contributed by atoms with E-state index in [9.17, 15) is 4.79 Å². The van der Waals surface area contributed by atoms with E-state index in [2.05, 4.69) is 27.8 Å². The molecule has 1 aromatic carbocycles. The lowest BCUT2D eigenvalue weighted by Gasteiger charge is -2.10. The van der Waals surface area contributed by atoms with Crippen LogP contribution in [0.5, 0.6) is 0 Å². The summed E-state index contributed by atoms with van der Waals surface area (Å²) in [5.74, 6) is 0.354. The summed E-state index contributed by atoms with van der Waals surface area (Å²) in [6.45, 7) is 3.27. The summed E-state index contributed by atoms with van der Waals surface area (Å²) in [4.78, 5) is 11.7. The number of hydrogen-bond acceptors (Lipinski definition) is 6. The number of methoxy groups -OCH3 is 1. The van der Waals surface area contributed by atoms with Crippen LogP contribution >= 0.6 is 0 Å². The highest BCUT2D eigenvalue weighted by Crippen LogP contribution is 2.16. The van der Waals surface area contributed by atoms with Crippen LogP contribution in [0.1, 0.15) is 29.5 Å². The van der Waals surface area contributed by atoms with Crippen molar-refractivity contribution in [3.63, 3.8) is 0 Å². The van der Waals surface area contributed by atoms with Crippen LogP contribution in [0.3, 0.4) is 0 Å². The fourth-order valence-corrected chi connectivity index (χ4v) is 1.83. The van der Waals surface area contributed by atoms with E-state index in [0.29, 0.717) is 17.8 Å². The van der Waals surface area contributed by atoms with Crippen LogP contribution in [0.25, 0.3) is 0 Å². The van der Waals surface area contributed by atoms with E-state index in [1.54, 1.807) is 16.8 Å². The van der Waals surface area contributed by atoms with E-state index in [0.717, 1.165) is 18.8 Å². The lowest BCUT2D eigenvalue weighted by atomic mass is 10.2. The van der Waals surface area contributed by atoms with Crippen LogP contribution in [0.2, 0.25) is 0 Å². The molecule has 0 spiro atoms. The highest BCUT2D eigenvalue weighted by molar-refractivity contribution is 5.95. The smallest absolute Gasteiger partial charge is 0.339 e. The van der Waals surface area contributed by atoms with Gasteiger partial charge in [0, 0.05) is 12.2 Å². The first-order valence-corrected chi connectivity index (χ1v) is 6.42. The maximum absolute atomic E-state index is 11.7. The number of hydrogen-bond donors (Lipinski definition) is 1. The zero-order valence-electron chi connectivity index (χ0n) is 11.5. The topological polar surface area (TPSA) is 81.9 Å². The van der Waals surface area contributed by atoms with Crippen molar-refractivity contribution >= 4 is 11.7 Å². The quantitative estimate of drug-likeness (QED) is 0.804. The van der Waals surface area contributed by atoms with Crippen LogP contribution in [0.4, 0.5) is 5.69 Å². The minimum atomic E-state index is -0.374. The normalized spacial score (nSPS) is 10.3. The van der Waals surface area contributed by atoms with Crippen LogP contribution in [-0.2, 0) is 17.8 Å². The number of carbonyl (C=O) groups is 1. The second-order valence-electron chi connectivity index (χ2n) is 4.21. The van der Waals surface area contributed by atoms with Gasteiger partial charge in [-0.1, -0.05) is 19.1 Å². The molecule has 106 valence electrons. The molecule has 2 rings (SSSR count). The van der Waals surface area contributed by atoms with Crippen molar-refractivity contribution in [1.82, 2.24) is 20.2 Å². The number of carbonyl (C=O) groups excluding carboxylic acids is 1. The minimum absolute atomic E-state index is 0.374. The van der Waals surface area contributed by atoms with Crippen LogP contribution in [0, 0.1) is 0 Å². The molecule has 0 saturated heterocycles. The number of rotatable bonds is 6. The van der Waals surface area contributed by atoms with Gasteiger partial charge in [0.2, 0.25) is 0 Å². The standard InChI is InChI=1S/C13H17N5O2/c1-3-8-18-12(15-16-17-18)9-14-11-7-5-4-6-10(11)13(19)20-2/h4-7,14H,3,8-9H2,1-2H3. The van der Waals surface area contributed by atoms with E-state index in [1.807, 2.05) is 12.1 Å². The van der Waals surface area contributed by atoms with E-state index >= 15 is 0 Å². The molecule has 0 fully saturated rings. The molecule has 0 bridgehead atoms. The lowest BCUT2D eigenvalue weighted by molar-refractivity contribution is 0.0602. The summed E-state index contributed by atoms with van der Waals surface area (Å²) in [6, 6.07) is 7.17. The SMILES string of the molecule is CCCn1nnnc1CNc1ccccc1C(=O)OC. The molecule has 0 amide bonds. The molecule has 0 radical (unpaired) electrons. The molecule has 0 aliphatic heterocycles. The number of esters is 1. The number of tetrazole rings is 1. The predicted octanol–water partition coefficient (Wildman–Crippen LogP) is 1.48. The molecule has 0 atom stereocenters. The van der Waals surface area contributed by atoms with E-state index < -0.39 is 0 Å². The van der Waals surface area contributed by atoms with Crippen molar-refractivity contribution in [2.24, 2.45) is 0 Å². The van der Waals surface area contributed by atoms with Crippen molar-refractivity contribution < 1.29 is 9.53 Å². The van der Waals surface area contributed by atoms with Gasteiger partial charge in [-0.2, -0.15) is 0 Å². The number of benzene rings is 1. The van der Waals surface area contributed by atoms with Gasteiger partial charge in [0.05, 0.1) is 19.2 Å². The molecule has 1 aromatic heterocycles. The minimum Gasteiger partial charge on any atom is -0.465 e. The molecule has 7 nitrogen and oxygen atoms in total. The molecule has 2 aromatic rings. The first-order chi connectivity index (χ1) is 9.76. The summed E-state index contributed by atoms with van der Waals surface area (Å²) < 4.78 is 6.50. The first-order valence-electron chi connectivity index (χ1n) is 6.42. The Bertz CT molecular complexity index is 582. The van der Waals surface area contributed by atoms with E-state index in [4.69, 9.17) is 4.74 Å². The predicted molar refractivity (Wildman–Crippen MR) is 73.2 cm³/mol. The zero-order valence-corrected chi connectivity index (χ0v) is 11.5. The third-order valence-electron chi connectivity index (χ3n) is 2.81. The van der Waals surface area contributed by atoms with Gasteiger partial charge in [0.15, 0.2) is 5.82 Å². The van der Waals surface area contributed by atoms with Gasteiger partial charge < -0.3 is 10.1 Å². The Balaban J connectivity index is 2.11. The number of nitrogens with one attached hydrogen (secondary N) is 1. The van der Waals surface area contributed by atoms with Crippen molar-refractivity contribution in [2.75, 3.05) is 12.4 Å². The second-order valence-corrected chi connectivity index (χ2v) is 4.21. The molecule has 20 heavy (non-hydrogen) atoms. The largest absolute Gasteiger partial charge is 0.465 e. The molecule has 0 aliphatic rings. The summed E-state index contributed by atoms with van der Waals surface area (Å²) in [7, 11) is 1.36. The molecule has 1 N–H and O–H groups in total. The number of nitrogens with zero attached hydrogens (tertiary/aromatic N) is 4. The molecular formula is C13H17N5O2. The summed E-state index contributed by atoms with van der Waals surface area (Å²) in [5.41, 5.74) is 1.19. The van der Waals surface area contributed by atoms with Crippen LogP contribution < -0.4 is 5.32 Å². The Hall–Kier alpha value is -2.44. The van der Waals surface area contributed by atoms with Crippen molar-refractivity contribution in [1.29, 1.82) is 0 Å². The average Bonchev–Trinajstić information content (AvgIpc) is 2.92. The van der Waals surface area contributed by atoms with Gasteiger partial charge in [-0.3, -0.25) is 0 Å². The Morgan fingerprint density at radius 3 is 2.95 bits per heavy atom. The Labute approximate surface area is 116 Å². The molecule has 0 unspecified atom stereocenters. The molecule has 0 saturated carbocycles. The van der Waals surface area contributed by atoms with Gasteiger partial charge >= 0.3 is 5.97 Å².